The molecule has 0 heterocycles. The van der Waals surface area contributed by atoms with E-state index >= 15 is 0 Å². The SMILES string of the molecule is C(=C\c1ccccc1)/[C]1CCCC1. The molecule has 1 fully saturated rings. The lowest BCUT2D eigenvalue weighted by Gasteiger charge is -1.98. The molecule has 0 bridgehead atoms. The van der Waals surface area contributed by atoms with Gasteiger partial charge in [0.15, 0.2) is 0 Å². The Bertz CT molecular complexity index is 265. The van der Waals surface area contributed by atoms with Gasteiger partial charge in [-0.15, -0.1) is 0 Å². The van der Waals surface area contributed by atoms with E-state index in [1.807, 2.05) is 0 Å². The molecule has 1 aromatic rings. The molecule has 0 spiro atoms. The summed E-state index contributed by atoms with van der Waals surface area (Å²) in [6, 6.07) is 10.5. The summed E-state index contributed by atoms with van der Waals surface area (Å²) < 4.78 is 0. The molecule has 0 atom stereocenters. The molecule has 0 heteroatoms. The number of rotatable bonds is 2. The van der Waals surface area contributed by atoms with Gasteiger partial charge in [0.05, 0.1) is 0 Å². The fourth-order valence-electron chi connectivity index (χ4n) is 1.77. The predicted octanol–water partition coefficient (Wildman–Crippen LogP) is 3.85. The topological polar surface area (TPSA) is 0 Å². The summed E-state index contributed by atoms with van der Waals surface area (Å²) in [5.41, 5.74) is 1.31. The van der Waals surface area contributed by atoms with Crippen LogP contribution in [0.2, 0.25) is 0 Å². The molecule has 0 amide bonds. The van der Waals surface area contributed by atoms with Crippen LogP contribution in [0.4, 0.5) is 0 Å². The molecule has 1 aromatic carbocycles. The normalized spacial score (nSPS) is 18.5. The summed E-state index contributed by atoms with van der Waals surface area (Å²) in [7, 11) is 0. The predicted molar refractivity (Wildman–Crippen MR) is 57.2 cm³/mol. The minimum Gasteiger partial charge on any atom is -0.0768 e. The highest BCUT2D eigenvalue weighted by Crippen LogP contribution is 2.28. The second kappa shape index (κ2) is 4.27. The van der Waals surface area contributed by atoms with Crippen molar-refractivity contribution < 1.29 is 0 Å². The Kier molecular flexibility index (Phi) is 2.81. The summed E-state index contributed by atoms with van der Waals surface area (Å²) >= 11 is 0. The molecule has 1 radical (unpaired) electrons. The molecule has 1 aliphatic rings. The number of benzene rings is 1. The van der Waals surface area contributed by atoms with E-state index in [0.717, 1.165) is 0 Å². The second-order valence-electron chi connectivity index (χ2n) is 3.61. The third-order valence-corrected chi connectivity index (χ3v) is 2.56. The Morgan fingerprint density at radius 3 is 2.23 bits per heavy atom. The number of hydrogen-bond acceptors (Lipinski definition) is 0. The lowest BCUT2D eigenvalue weighted by atomic mass is 10.1. The molecule has 0 aliphatic heterocycles. The summed E-state index contributed by atoms with van der Waals surface area (Å²) in [5, 5.41) is 0. The highest BCUT2D eigenvalue weighted by Gasteiger charge is 2.11. The van der Waals surface area contributed by atoms with Crippen molar-refractivity contribution in [3.05, 3.63) is 47.9 Å². The maximum Gasteiger partial charge on any atom is -0.00239 e. The van der Waals surface area contributed by atoms with E-state index in [9.17, 15) is 0 Å². The van der Waals surface area contributed by atoms with Crippen LogP contribution in [0, 0.1) is 5.92 Å². The first-order valence-electron chi connectivity index (χ1n) is 5.03. The van der Waals surface area contributed by atoms with Gasteiger partial charge in [-0.05, 0) is 24.3 Å². The van der Waals surface area contributed by atoms with Crippen molar-refractivity contribution in [3.63, 3.8) is 0 Å². The lowest BCUT2D eigenvalue weighted by Crippen LogP contribution is -1.81. The summed E-state index contributed by atoms with van der Waals surface area (Å²) in [4.78, 5) is 0. The molecule has 0 unspecified atom stereocenters. The smallest absolute Gasteiger partial charge is 0.00239 e. The van der Waals surface area contributed by atoms with Gasteiger partial charge in [0.25, 0.3) is 0 Å². The summed E-state index contributed by atoms with van der Waals surface area (Å²) in [6.45, 7) is 0. The van der Waals surface area contributed by atoms with Crippen molar-refractivity contribution in [2.24, 2.45) is 0 Å². The largest absolute Gasteiger partial charge is 0.0768 e. The Balaban J connectivity index is 1.97. The van der Waals surface area contributed by atoms with Crippen molar-refractivity contribution in [1.29, 1.82) is 0 Å². The molecular weight excluding hydrogens is 156 g/mol. The van der Waals surface area contributed by atoms with Crippen LogP contribution in [0.5, 0.6) is 0 Å². The van der Waals surface area contributed by atoms with Crippen molar-refractivity contribution in [2.75, 3.05) is 0 Å². The molecular formula is C13H15. The van der Waals surface area contributed by atoms with Crippen LogP contribution in [0.3, 0.4) is 0 Å². The van der Waals surface area contributed by atoms with Gasteiger partial charge >= 0.3 is 0 Å². The van der Waals surface area contributed by atoms with E-state index in [1.165, 1.54) is 31.2 Å². The van der Waals surface area contributed by atoms with E-state index < -0.39 is 0 Å². The van der Waals surface area contributed by atoms with Gasteiger partial charge in [0, 0.05) is 0 Å². The third kappa shape index (κ3) is 2.45. The fourth-order valence-corrected chi connectivity index (χ4v) is 1.77. The van der Waals surface area contributed by atoms with E-state index in [4.69, 9.17) is 0 Å². The second-order valence-corrected chi connectivity index (χ2v) is 3.61. The fraction of sp³-hybridized carbons (Fsp3) is 0.308. The van der Waals surface area contributed by atoms with Crippen LogP contribution in [0.25, 0.3) is 6.08 Å². The lowest BCUT2D eigenvalue weighted by molar-refractivity contribution is 0.886. The molecule has 0 nitrogen and oxygen atoms in total. The molecule has 0 N–H and O–H groups in total. The number of allylic oxidation sites excluding steroid dienone is 1. The van der Waals surface area contributed by atoms with Crippen molar-refractivity contribution >= 4 is 6.08 Å². The minimum absolute atomic E-state index is 1.31. The molecule has 1 saturated carbocycles. The first-order chi connectivity index (χ1) is 6.45. The van der Waals surface area contributed by atoms with Crippen LogP contribution in [-0.2, 0) is 0 Å². The molecule has 1 aliphatic carbocycles. The van der Waals surface area contributed by atoms with E-state index in [1.54, 1.807) is 5.92 Å². The van der Waals surface area contributed by atoms with Gasteiger partial charge in [0.2, 0.25) is 0 Å². The van der Waals surface area contributed by atoms with Crippen LogP contribution >= 0.6 is 0 Å². The zero-order valence-electron chi connectivity index (χ0n) is 7.87. The Morgan fingerprint density at radius 2 is 1.54 bits per heavy atom. The first-order valence-corrected chi connectivity index (χ1v) is 5.03. The molecule has 67 valence electrons. The summed E-state index contributed by atoms with van der Waals surface area (Å²) in [5.74, 6) is 1.61. The maximum absolute atomic E-state index is 2.29. The van der Waals surface area contributed by atoms with Crippen LogP contribution in [-0.4, -0.2) is 0 Å². The zero-order chi connectivity index (χ0) is 8.93. The molecule has 13 heavy (non-hydrogen) atoms. The molecule has 0 saturated heterocycles. The molecule has 2 rings (SSSR count). The highest BCUT2D eigenvalue weighted by atomic mass is 14.2. The van der Waals surface area contributed by atoms with Crippen molar-refractivity contribution in [2.45, 2.75) is 25.7 Å². The summed E-state index contributed by atoms with van der Waals surface area (Å²) in [6.07, 6.45) is 9.90. The highest BCUT2D eigenvalue weighted by molar-refractivity contribution is 5.51. The van der Waals surface area contributed by atoms with Crippen LogP contribution in [0.15, 0.2) is 36.4 Å². The minimum atomic E-state index is 1.31. The quantitative estimate of drug-likeness (QED) is 0.634. The van der Waals surface area contributed by atoms with Crippen molar-refractivity contribution in [3.8, 4) is 0 Å². The monoisotopic (exact) mass is 171 g/mol. The third-order valence-electron chi connectivity index (χ3n) is 2.56. The van der Waals surface area contributed by atoms with E-state index in [0.29, 0.717) is 0 Å². The Hall–Kier alpha value is -1.04. The maximum atomic E-state index is 2.29. The van der Waals surface area contributed by atoms with Crippen molar-refractivity contribution in [1.82, 2.24) is 0 Å². The van der Waals surface area contributed by atoms with Gasteiger partial charge in [-0.2, -0.15) is 0 Å². The zero-order valence-corrected chi connectivity index (χ0v) is 7.87. The Morgan fingerprint density at radius 1 is 0.846 bits per heavy atom. The van der Waals surface area contributed by atoms with Gasteiger partial charge in [0.1, 0.15) is 0 Å². The van der Waals surface area contributed by atoms with Crippen LogP contribution in [0.1, 0.15) is 31.2 Å². The average Bonchev–Trinajstić information content (AvgIpc) is 2.69. The van der Waals surface area contributed by atoms with E-state index in [2.05, 4.69) is 42.5 Å². The van der Waals surface area contributed by atoms with Gasteiger partial charge in [-0.25, -0.2) is 0 Å². The van der Waals surface area contributed by atoms with Gasteiger partial charge in [-0.1, -0.05) is 55.3 Å². The van der Waals surface area contributed by atoms with Crippen LogP contribution < -0.4 is 0 Å². The number of hydrogen-bond donors (Lipinski definition) is 0. The first kappa shape index (κ1) is 8.55. The Labute approximate surface area is 80.3 Å². The standard InChI is InChI=1S/C13H15/c1-2-6-12(7-3-1)10-11-13-8-4-5-9-13/h1-3,6-7,10-11H,4-5,8-9H2/b11-10+. The van der Waals surface area contributed by atoms with E-state index in [-0.39, 0.29) is 0 Å². The molecule has 0 aromatic heterocycles. The average molecular weight is 171 g/mol. The van der Waals surface area contributed by atoms with Gasteiger partial charge < -0.3 is 0 Å². The van der Waals surface area contributed by atoms with Gasteiger partial charge in [-0.3, -0.25) is 0 Å².